The highest BCUT2D eigenvalue weighted by atomic mass is 35.5. The molecule has 2 aromatic carbocycles. The van der Waals surface area contributed by atoms with Crippen LogP contribution in [0.15, 0.2) is 48.5 Å². The van der Waals surface area contributed by atoms with E-state index in [0.29, 0.717) is 21.3 Å². The lowest BCUT2D eigenvalue weighted by atomic mass is 10.2. The second-order valence-electron chi connectivity index (χ2n) is 5.41. The Labute approximate surface area is 153 Å². The van der Waals surface area contributed by atoms with Crippen LogP contribution in [0.2, 0.25) is 10.0 Å². The first-order chi connectivity index (χ1) is 12.0. The highest BCUT2D eigenvalue weighted by Gasteiger charge is 2.39. The minimum absolute atomic E-state index is 0.0532. The number of carbonyl (C=O) groups is 3. The zero-order valence-electron chi connectivity index (χ0n) is 12.8. The molecule has 0 aliphatic carbocycles. The average Bonchev–Trinajstić information content (AvgIpc) is 2.88. The van der Waals surface area contributed by atoms with Crippen LogP contribution in [0.3, 0.4) is 0 Å². The number of hydrazine groups is 1. The number of hydrogen-bond donors (Lipinski definition) is 2. The highest BCUT2D eigenvalue weighted by Crippen LogP contribution is 2.24. The standard InChI is InChI=1S/C17H13Cl2N3O3/c18-11-3-1-10(2-4-11)16(24)21-20-14-9-15(23)22(17(14)25)13-7-5-12(19)6-8-13/h1-8,14,20H,9H2,(H,21,24). The fourth-order valence-corrected chi connectivity index (χ4v) is 2.68. The molecule has 1 atom stereocenters. The van der Waals surface area contributed by atoms with E-state index >= 15 is 0 Å². The zero-order valence-corrected chi connectivity index (χ0v) is 14.3. The van der Waals surface area contributed by atoms with Gasteiger partial charge in [-0.05, 0) is 48.5 Å². The molecule has 0 aromatic heterocycles. The maximum Gasteiger partial charge on any atom is 0.265 e. The number of amides is 3. The molecule has 3 amide bonds. The van der Waals surface area contributed by atoms with Crippen LogP contribution in [-0.2, 0) is 9.59 Å². The maximum absolute atomic E-state index is 12.4. The van der Waals surface area contributed by atoms with Crippen LogP contribution in [0.5, 0.6) is 0 Å². The van der Waals surface area contributed by atoms with Crippen molar-refractivity contribution in [3.05, 3.63) is 64.1 Å². The van der Waals surface area contributed by atoms with Crippen LogP contribution in [-0.4, -0.2) is 23.8 Å². The summed E-state index contributed by atoms with van der Waals surface area (Å²) in [7, 11) is 0. The van der Waals surface area contributed by atoms with Gasteiger partial charge in [-0.25, -0.2) is 10.3 Å². The molecule has 1 aliphatic heterocycles. The van der Waals surface area contributed by atoms with Gasteiger partial charge < -0.3 is 0 Å². The van der Waals surface area contributed by atoms with E-state index in [9.17, 15) is 14.4 Å². The van der Waals surface area contributed by atoms with E-state index in [0.717, 1.165) is 4.90 Å². The van der Waals surface area contributed by atoms with Crippen molar-refractivity contribution in [3.8, 4) is 0 Å². The third kappa shape index (κ3) is 3.82. The van der Waals surface area contributed by atoms with Crippen LogP contribution in [0, 0.1) is 0 Å². The normalized spacial score (nSPS) is 17.0. The van der Waals surface area contributed by atoms with Gasteiger partial charge in [0.2, 0.25) is 5.91 Å². The molecule has 1 unspecified atom stereocenters. The predicted octanol–water partition coefficient (Wildman–Crippen LogP) is 2.56. The lowest BCUT2D eigenvalue weighted by Gasteiger charge is -2.16. The van der Waals surface area contributed by atoms with Crippen molar-refractivity contribution >= 4 is 46.6 Å². The fraction of sp³-hybridized carbons (Fsp3) is 0.118. The van der Waals surface area contributed by atoms with E-state index in [2.05, 4.69) is 10.9 Å². The summed E-state index contributed by atoms with van der Waals surface area (Å²) < 4.78 is 0. The Kier molecular flexibility index (Phi) is 5.03. The molecular formula is C17H13Cl2N3O3. The van der Waals surface area contributed by atoms with E-state index < -0.39 is 17.9 Å². The van der Waals surface area contributed by atoms with Gasteiger partial charge in [0, 0.05) is 15.6 Å². The summed E-state index contributed by atoms with van der Waals surface area (Å²) in [5.74, 6) is -1.23. The van der Waals surface area contributed by atoms with Crippen molar-refractivity contribution in [2.45, 2.75) is 12.5 Å². The first kappa shape index (κ1) is 17.4. The van der Waals surface area contributed by atoms with Crippen LogP contribution in [0.25, 0.3) is 0 Å². The Balaban J connectivity index is 1.65. The highest BCUT2D eigenvalue weighted by molar-refractivity contribution is 6.31. The van der Waals surface area contributed by atoms with E-state index in [1.165, 1.54) is 0 Å². The predicted molar refractivity (Wildman–Crippen MR) is 94.4 cm³/mol. The molecule has 1 fully saturated rings. The molecule has 2 aromatic rings. The van der Waals surface area contributed by atoms with Gasteiger partial charge in [0.25, 0.3) is 11.8 Å². The lowest BCUT2D eigenvalue weighted by Crippen LogP contribution is -2.48. The lowest BCUT2D eigenvalue weighted by molar-refractivity contribution is -0.121. The summed E-state index contributed by atoms with van der Waals surface area (Å²) in [6, 6.07) is 11.8. The SMILES string of the molecule is O=C(NNC1CC(=O)N(c2ccc(Cl)cc2)C1=O)c1ccc(Cl)cc1. The number of benzene rings is 2. The monoisotopic (exact) mass is 377 g/mol. The molecule has 8 heteroatoms. The average molecular weight is 378 g/mol. The van der Waals surface area contributed by atoms with Gasteiger partial charge in [0.15, 0.2) is 0 Å². The van der Waals surface area contributed by atoms with Crippen molar-refractivity contribution in [2.24, 2.45) is 0 Å². The number of anilines is 1. The summed E-state index contributed by atoms with van der Waals surface area (Å²) >= 11 is 11.6. The Morgan fingerprint density at radius 2 is 1.52 bits per heavy atom. The van der Waals surface area contributed by atoms with E-state index in [-0.39, 0.29) is 12.3 Å². The quantitative estimate of drug-likeness (QED) is 0.633. The fourth-order valence-electron chi connectivity index (χ4n) is 2.43. The third-order valence-corrected chi connectivity index (χ3v) is 4.20. The smallest absolute Gasteiger partial charge is 0.265 e. The van der Waals surface area contributed by atoms with Gasteiger partial charge in [0.1, 0.15) is 6.04 Å². The molecule has 6 nitrogen and oxygen atoms in total. The molecule has 0 saturated carbocycles. The number of hydrogen-bond acceptors (Lipinski definition) is 4. The summed E-state index contributed by atoms with van der Waals surface area (Å²) in [5, 5.41) is 1.02. The third-order valence-electron chi connectivity index (χ3n) is 3.70. The Morgan fingerprint density at radius 1 is 0.960 bits per heavy atom. The van der Waals surface area contributed by atoms with Gasteiger partial charge in [-0.2, -0.15) is 0 Å². The Morgan fingerprint density at radius 3 is 2.12 bits per heavy atom. The van der Waals surface area contributed by atoms with Crippen molar-refractivity contribution < 1.29 is 14.4 Å². The van der Waals surface area contributed by atoms with Crippen LogP contribution in [0.1, 0.15) is 16.8 Å². The van der Waals surface area contributed by atoms with E-state index in [1.54, 1.807) is 48.5 Å². The molecule has 0 bridgehead atoms. The molecule has 0 radical (unpaired) electrons. The Hall–Kier alpha value is -2.41. The second-order valence-corrected chi connectivity index (χ2v) is 6.28. The van der Waals surface area contributed by atoms with Gasteiger partial charge in [-0.15, -0.1) is 0 Å². The number of rotatable bonds is 4. The number of carbonyl (C=O) groups excluding carboxylic acids is 3. The molecular weight excluding hydrogens is 365 g/mol. The van der Waals surface area contributed by atoms with Crippen molar-refractivity contribution in [1.82, 2.24) is 10.9 Å². The van der Waals surface area contributed by atoms with Crippen LogP contribution >= 0.6 is 23.2 Å². The molecule has 1 aliphatic rings. The molecule has 0 spiro atoms. The minimum atomic E-state index is -0.834. The first-order valence-electron chi connectivity index (χ1n) is 7.39. The zero-order chi connectivity index (χ0) is 18.0. The number of halogens is 2. The molecule has 1 heterocycles. The number of imide groups is 1. The van der Waals surface area contributed by atoms with Crippen molar-refractivity contribution in [1.29, 1.82) is 0 Å². The second kappa shape index (κ2) is 7.23. The van der Waals surface area contributed by atoms with Crippen molar-refractivity contribution in [3.63, 3.8) is 0 Å². The summed E-state index contributed by atoms with van der Waals surface area (Å²) in [6.07, 6.45) is -0.0532. The molecule has 25 heavy (non-hydrogen) atoms. The molecule has 1 saturated heterocycles. The minimum Gasteiger partial charge on any atom is -0.287 e. The summed E-state index contributed by atoms with van der Waals surface area (Å²) in [4.78, 5) is 37.7. The summed E-state index contributed by atoms with van der Waals surface area (Å²) in [6.45, 7) is 0. The molecule has 2 N–H and O–H groups in total. The largest absolute Gasteiger partial charge is 0.287 e. The van der Waals surface area contributed by atoms with Gasteiger partial charge in [-0.3, -0.25) is 19.8 Å². The van der Waals surface area contributed by atoms with Gasteiger partial charge >= 0.3 is 0 Å². The van der Waals surface area contributed by atoms with E-state index in [1.807, 2.05) is 0 Å². The number of nitrogens with zero attached hydrogens (tertiary/aromatic N) is 1. The topological polar surface area (TPSA) is 78.5 Å². The molecule has 3 rings (SSSR count). The maximum atomic E-state index is 12.4. The molecule has 128 valence electrons. The van der Waals surface area contributed by atoms with Crippen molar-refractivity contribution in [2.75, 3.05) is 4.90 Å². The van der Waals surface area contributed by atoms with Gasteiger partial charge in [-0.1, -0.05) is 23.2 Å². The van der Waals surface area contributed by atoms with Crippen LogP contribution < -0.4 is 15.8 Å². The summed E-state index contributed by atoms with van der Waals surface area (Å²) in [5.41, 5.74) is 5.87. The van der Waals surface area contributed by atoms with E-state index in [4.69, 9.17) is 23.2 Å². The van der Waals surface area contributed by atoms with Crippen LogP contribution in [0.4, 0.5) is 5.69 Å². The number of nitrogens with one attached hydrogen (secondary N) is 2. The van der Waals surface area contributed by atoms with Gasteiger partial charge in [0.05, 0.1) is 12.1 Å². The first-order valence-corrected chi connectivity index (χ1v) is 8.15. The Bertz CT molecular complexity index is 822.